The Balaban J connectivity index is 1.87. The molecule has 0 saturated carbocycles. The van der Waals surface area contributed by atoms with Gasteiger partial charge in [0, 0.05) is 24.6 Å². The molecule has 1 aromatic carbocycles. The number of rotatable bonds is 4. The van der Waals surface area contributed by atoms with Crippen LogP contribution in [0.15, 0.2) is 47.6 Å². The molecule has 0 unspecified atom stereocenters. The van der Waals surface area contributed by atoms with E-state index >= 15 is 0 Å². The van der Waals surface area contributed by atoms with Crippen molar-refractivity contribution in [2.24, 2.45) is 0 Å². The van der Waals surface area contributed by atoms with Gasteiger partial charge in [-0.1, -0.05) is 6.07 Å². The third-order valence-corrected chi connectivity index (χ3v) is 5.38. The molecule has 2 N–H and O–H groups in total. The van der Waals surface area contributed by atoms with Crippen molar-refractivity contribution >= 4 is 21.6 Å². The summed E-state index contributed by atoms with van der Waals surface area (Å²) in [4.78, 5) is 16.0. The molecule has 23 heavy (non-hydrogen) atoms. The zero-order valence-corrected chi connectivity index (χ0v) is 13.6. The van der Waals surface area contributed by atoms with E-state index in [2.05, 4.69) is 15.0 Å². The minimum absolute atomic E-state index is 0.134. The molecule has 2 heterocycles. The van der Waals surface area contributed by atoms with Crippen LogP contribution in [0.3, 0.4) is 0 Å². The molecule has 0 spiro atoms. The molecule has 6 nitrogen and oxygen atoms in total. The first-order chi connectivity index (χ1) is 10.8. The summed E-state index contributed by atoms with van der Waals surface area (Å²) >= 11 is 0. The van der Waals surface area contributed by atoms with Crippen LogP contribution >= 0.6 is 0 Å². The number of hydrogen-bond acceptors (Lipinski definition) is 4. The summed E-state index contributed by atoms with van der Waals surface area (Å²) in [7, 11) is -3.66. The van der Waals surface area contributed by atoms with Crippen molar-refractivity contribution in [3.8, 4) is 0 Å². The molecule has 1 amide bonds. The van der Waals surface area contributed by atoms with E-state index in [1.807, 2.05) is 0 Å². The summed E-state index contributed by atoms with van der Waals surface area (Å²) in [5, 5.41) is 2.76. The van der Waals surface area contributed by atoms with Gasteiger partial charge in [-0.3, -0.25) is 9.78 Å². The number of aromatic nitrogens is 1. The van der Waals surface area contributed by atoms with E-state index in [0.717, 1.165) is 5.56 Å². The molecule has 7 heteroatoms. The number of pyridine rings is 1. The first kappa shape index (κ1) is 15.6. The molecule has 2 aromatic rings. The number of benzene rings is 1. The molecule has 0 saturated heterocycles. The van der Waals surface area contributed by atoms with Crippen molar-refractivity contribution in [1.29, 1.82) is 0 Å². The Morgan fingerprint density at radius 3 is 2.74 bits per heavy atom. The monoisotopic (exact) mass is 331 g/mol. The topological polar surface area (TPSA) is 88.2 Å². The first-order valence-electron chi connectivity index (χ1n) is 7.15. The summed E-state index contributed by atoms with van der Waals surface area (Å²) in [5.41, 5.74) is 1.37. The maximum atomic E-state index is 12.5. The average molecular weight is 331 g/mol. The lowest BCUT2D eigenvalue weighted by molar-refractivity contribution is -0.119. The Hall–Kier alpha value is -2.25. The molecular weight excluding hydrogens is 314 g/mol. The van der Waals surface area contributed by atoms with Crippen LogP contribution in [0.1, 0.15) is 25.0 Å². The van der Waals surface area contributed by atoms with E-state index in [-0.39, 0.29) is 17.3 Å². The van der Waals surface area contributed by atoms with Crippen molar-refractivity contribution in [2.75, 3.05) is 5.32 Å². The highest BCUT2D eigenvalue weighted by atomic mass is 32.2. The van der Waals surface area contributed by atoms with Crippen molar-refractivity contribution < 1.29 is 13.2 Å². The maximum Gasteiger partial charge on any atom is 0.240 e. The van der Waals surface area contributed by atoms with Crippen LogP contribution in [0, 0.1) is 0 Å². The molecule has 1 aliphatic heterocycles. The van der Waals surface area contributed by atoms with E-state index in [1.165, 1.54) is 6.07 Å². The molecule has 0 bridgehead atoms. The van der Waals surface area contributed by atoms with Crippen LogP contribution in [0.2, 0.25) is 0 Å². The van der Waals surface area contributed by atoms with E-state index in [0.29, 0.717) is 11.3 Å². The first-order valence-corrected chi connectivity index (χ1v) is 8.63. The molecular formula is C16H17N3O3S. The lowest BCUT2D eigenvalue weighted by Crippen LogP contribution is -2.27. The fourth-order valence-corrected chi connectivity index (χ4v) is 3.53. The molecule has 0 fully saturated rings. The second-order valence-corrected chi connectivity index (χ2v) is 7.74. The van der Waals surface area contributed by atoms with Gasteiger partial charge >= 0.3 is 0 Å². The van der Waals surface area contributed by atoms with E-state index in [9.17, 15) is 13.2 Å². The highest BCUT2D eigenvalue weighted by Crippen LogP contribution is 2.38. The van der Waals surface area contributed by atoms with Gasteiger partial charge in [-0.15, -0.1) is 0 Å². The normalized spacial score (nSPS) is 16.0. The number of fused-ring (bicyclic) bond motifs is 1. The van der Waals surface area contributed by atoms with Crippen molar-refractivity contribution in [1.82, 2.24) is 9.71 Å². The number of amides is 1. The summed E-state index contributed by atoms with van der Waals surface area (Å²) < 4.78 is 27.5. The third kappa shape index (κ3) is 2.85. The lowest BCUT2D eigenvalue weighted by Gasteiger charge is -2.16. The predicted molar refractivity (Wildman–Crippen MR) is 86.4 cm³/mol. The molecule has 1 aliphatic rings. The smallest absolute Gasteiger partial charge is 0.240 e. The number of carbonyl (C=O) groups is 1. The van der Waals surface area contributed by atoms with Gasteiger partial charge in [0.15, 0.2) is 0 Å². The SMILES string of the molecule is CC1(C)C(=O)Nc2ccc(S(=O)(=O)NCc3cccnc3)cc21. The van der Waals surface area contributed by atoms with Crippen LogP contribution < -0.4 is 10.0 Å². The molecule has 1 aromatic heterocycles. The Bertz CT molecular complexity index is 861. The van der Waals surface area contributed by atoms with E-state index < -0.39 is 15.4 Å². The van der Waals surface area contributed by atoms with Crippen LogP contribution in [-0.2, 0) is 26.8 Å². The fourth-order valence-electron chi connectivity index (χ4n) is 2.48. The second-order valence-electron chi connectivity index (χ2n) is 5.97. The summed E-state index contributed by atoms with van der Waals surface area (Å²) in [6.07, 6.45) is 3.24. The number of sulfonamides is 1. The lowest BCUT2D eigenvalue weighted by atomic mass is 9.86. The van der Waals surface area contributed by atoms with Crippen LogP contribution in [-0.4, -0.2) is 19.3 Å². The highest BCUT2D eigenvalue weighted by Gasteiger charge is 2.39. The van der Waals surface area contributed by atoms with Crippen LogP contribution in [0.25, 0.3) is 0 Å². The minimum atomic E-state index is -3.66. The van der Waals surface area contributed by atoms with Gasteiger partial charge < -0.3 is 5.32 Å². The van der Waals surface area contributed by atoms with Crippen LogP contribution in [0.4, 0.5) is 5.69 Å². The molecule has 0 aliphatic carbocycles. The Morgan fingerprint density at radius 2 is 2.04 bits per heavy atom. The summed E-state index contributed by atoms with van der Waals surface area (Å²) in [6, 6.07) is 8.22. The number of carbonyl (C=O) groups excluding carboxylic acids is 1. The van der Waals surface area contributed by atoms with E-state index in [4.69, 9.17) is 0 Å². The van der Waals surface area contributed by atoms with Gasteiger partial charge in [-0.25, -0.2) is 13.1 Å². The largest absolute Gasteiger partial charge is 0.325 e. The van der Waals surface area contributed by atoms with Gasteiger partial charge in [-0.2, -0.15) is 0 Å². The Morgan fingerprint density at radius 1 is 1.26 bits per heavy atom. The summed E-state index contributed by atoms with van der Waals surface area (Å²) in [6.45, 7) is 3.70. The van der Waals surface area contributed by atoms with Crippen LogP contribution in [0.5, 0.6) is 0 Å². The molecule has 120 valence electrons. The highest BCUT2D eigenvalue weighted by molar-refractivity contribution is 7.89. The maximum absolute atomic E-state index is 12.5. The van der Waals surface area contributed by atoms with Gasteiger partial charge in [0.25, 0.3) is 0 Å². The predicted octanol–water partition coefficient (Wildman–Crippen LogP) is 1.79. The van der Waals surface area contributed by atoms with Crippen molar-refractivity contribution in [2.45, 2.75) is 30.7 Å². The molecule has 0 radical (unpaired) electrons. The summed E-state index contributed by atoms with van der Waals surface area (Å²) in [5.74, 6) is -0.134. The van der Waals surface area contributed by atoms with Crippen molar-refractivity contribution in [3.05, 3.63) is 53.9 Å². The quantitative estimate of drug-likeness (QED) is 0.894. The number of anilines is 1. The zero-order chi connectivity index (χ0) is 16.7. The second kappa shape index (κ2) is 5.43. The van der Waals surface area contributed by atoms with Crippen molar-refractivity contribution in [3.63, 3.8) is 0 Å². The Labute approximate surface area is 135 Å². The minimum Gasteiger partial charge on any atom is -0.325 e. The fraction of sp³-hybridized carbons (Fsp3) is 0.250. The van der Waals surface area contributed by atoms with Gasteiger partial charge in [-0.05, 0) is 49.2 Å². The number of hydrogen-bond donors (Lipinski definition) is 2. The van der Waals surface area contributed by atoms with E-state index in [1.54, 1.807) is 50.5 Å². The van der Waals surface area contributed by atoms with Gasteiger partial charge in [0.1, 0.15) is 0 Å². The number of nitrogens with one attached hydrogen (secondary N) is 2. The molecule has 3 rings (SSSR count). The Kier molecular flexibility index (Phi) is 3.69. The van der Waals surface area contributed by atoms with Gasteiger partial charge in [0.05, 0.1) is 10.3 Å². The van der Waals surface area contributed by atoms with Gasteiger partial charge in [0.2, 0.25) is 15.9 Å². The molecule has 0 atom stereocenters. The number of nitrogens with zero attached hydrogens (tertiary/aromatic N) is 1. The average Bonchev–Trinajstić information content (AvgIpc) is 2.76. The third-order valence-electron chi connectivity index (χ3n) is 3.98. The zero-order valence-electron chi connectivity index (χ0n) is 12.8. The standard InChI is InChI=1S/C16H17N3O3S/c1-16(2)13-8-12(5-6-14(13)19-15(16)20)23(21,22)18-10-11-4-3-7-17-9-11/h3-9,18H,10H2,1-2H3,(H,19,20).